The summed E-state index contributed by atoms with van der Waals surface area (Å²) in [4.78, 5) is 23.0. The zero-order chi connectivity index (χ0) is 24.1. The molecule has 1 rings (SSSR count). The van der Waals surface area contributed by atoms with Crippen LogP contribution in [0.5, 0.6) is 11.5 Å². The SMILES string of the molecule is C#CCOc1cc([N+](=O)[O-])c(C(C)COC(=O)NCCC[Si](OC)(OC)OC)cc1OC. The van der Waals surface area contributed by atoms with Crippen molar-refractivity contribution in [2.45, 2.75) is 25.3 Å². The first-order chi connectivity index (χ1) is 15.3. The van der Waals surface area contributed by atoms with Gasteiger partial charge in [0.15, 0.2) is 11.5 Å². The highest BCUT2D eigenvalue weighted by molar-refractivity contribution is 6.60. The van der Waals surface area contributed by atoms with E-state index in [1.165, 1.54) is 40.6 Å². The van der Waals surface area contributed by atoms with Crippen LogP contribution in [0.4, 0.5) is 10.5 Å². The van der Waals surface area contributed by atoms with Gasteiger partial charge in [0.1, 0.15) is 13.2 Å². The fourth-order valence-electron chi connectivity index (χ4n) is 2.90. The van der Waals surface area contributed by atoms with Crippen molar-refractivity contribution in [1.82, 2.24) is 5.32 Å². The molecule has 0 aliphatic heterocycles. The Hall–Kier alpha value is -2.85. The second kappa shape index (κ2) is 13.5. The summed E-state index contributed by atoms with van der Waals surface area (Å²) in [5, 5.41) is 14.2. The summed E-state index contributed by atoms with van der Waals surface area (Å²) in [6.45, 7) is 1.89. The van der Waals surface area contributed by atoms with Gasteiger partial charge >= 0.3 is 14.9 Å². The van der Waals surface area contributed by atoms with Crippen molar-refractivity contribution < 1.29 is 37.2 Å². The Kier molecular flexibility index (Phi) is 11.5. The summed E-state index contributed by atoms with van der Waals surface area (Å²) in [6, 6.07) is 3.26. The van der Waals surface area contributed by atoms with E-state index in [1.54, 1.807) is 6.92 Å². The zero-order valence-electron chi connectivity index (χ0n) is 19.0. The van der Waals surface area contributed by atoms with Gasteiger partial charge in [-0.25, -0.2) is 4.79 Å². The van der Waals surface area contributed by atoms with Crippen LogP contribution in [0, 0.1) is 22.5 Å². The van der Waals surface area contributed by atoms with Gasteiger partial charge in [-0.05, 0) is 12.5 Å². The number of alkyl carbamates (subject to hydrolysis) is 1. The molecule has 0 saturated carbocycles. The van der Waals surface area contributed by atoms with Crippen LogP contribution in [0.2, 0.25) is 6.04 Å². The Labute approximate surface area is 188 Å². The van der Waals surface area contributed by atoms with Gasteiger partial charge in [0.25, 0.3) is 5.69 Å². The molecule has 1 amide bonds. The number of amides is 1. The largest absolute Gasteiger partial charge is 0.500 e. The first-order valence-electron chi connectivity index (χ1n) is 9.76. The molecule has 1 atom stereocenters. The van der Waals surface area contributed by atoms with Crippen LogP contribution in [-0.4, -0.2) is 68.0 Å². The van der Waals surface area contributed by atoms with Gasteiger partial charge in [0, 0.05) is 45.4 Å². The predicted octanol–water partition coefficient (Wildman–Crippen LogP) is 2.71. The van der Waals surface area contributed by atoms with Crippen molar-refractivity contribution in [3.63, 3.8) is 0 Å². The lowest BCUT2D eigenvalue weighted by atomic mass is 9.99. The number of nitro benzene ring substituents is 1. The first kappa shape index (κ1) is 27.2. The number of nitro groups is 1. The topological polar surface area (TPSA) is 128 Å². The van der Waals surface area contributed by atoms with E-state index < -0.39 is 25.7 Å². The summed E-state index contributed by atoms with van der Waals surface area (Å²) < 4.78 is 31.7. The molecule has 11 nitrogen and oxygen atoms in total. The molecule has 32 heavy (non-hydrogen) atoms. The fraction of sp³-hybridized carbons (Fsp3) is 0.550. The van der Waals surface area contributed by atoms with Crippen molar-refractivity contribution in [3.8, 4) is 23.8 Å². The second-order valence-electron chi connectivity index (χ2n) is 6.64. The van der Waals surface area contributed by atoms with Crippen LogP contribution >= 0.6 is 0 Å². The third-order valence-corrected chi connectivity index (χ3v) is 7.51. The number of hydrogen-bond donors (Lipinski definition) is 1. The van der Waals surface area contributed by atoms with Crippen molar-refractivity contribution in [2.24, 2.45) is 0 Å². The summed E-state index contributed by atoms with van der Waals surface area (Å²) in [7, 11) is 3.27. The number of carbonyl (C=O) groups excluding carboxylic acids is 1. The number of carbonyl (C=O) groups is 1. The lowest BCUT2D eigenvalue weighted by Gasteiger charge is -2.24. The van der Waals surface area contributed by atoms with Crippen LogP contribution < -0.4 is 14.8 Å². The van der Waals surface area contributed by atoms with Crippen molar-refractivity contribution in [2.75, 3.05) is 48.2 Å². The molecule has 0 fully saturated rings. The molecule has 1 aromatic rings. The molecule has 0 bridgehead atoms. The summed E-state index contributed by atoms with van der Waals surface area (Å²) in [6.07, 6.45) is 5.10. The third kappa shape index (κ3) is 7.68. The van der Waals surface area contributed by atoms with Crippen molar-refractivity contribution in [1.29, 1.82) is 0 Å². The minimum absolute atomic E-state index is 0.0611. The molecular formula is C20H30N2O9Si. The number of rotatable bonds is 14. The number of benzene rings is 1. The van der Waals surface area contributed by atoms with Gasteiger partial charge in [-0.2, -0.15) is 0 Å². The lowest BCUT2D eigenvalue weighted by molar-refractivity contribution is -0.385. The minimum atomic E-state index is -2.70. The Bertz CT molecular complexity index is 801. The van der Waals surface area contributed by atoms with Crippen LogP contribution in [0.1, 0.15) is 24.8 Å². The van der Waals surface area contributed by atoms with Gasteiger partial charge in [0.2, 0.25) is 0 Å². The van der Waals surface area contributed by atoms with E-state index in [9.17, 15) is 14.9 Å². The quantitative estimate of drug-likeness (QED) is 0.143. The van der Waals surface area contributed by atoms with E-state index in [1.807, 2.05) is 0 Å². The summed E-state index contributed by atoms with van der Waals surface area (Å²) in [5.41, 5.74) is 0.151. The molecule has 0 spiro atoms. The monoisotopic (exact) mass is 470 g/mol. The number of nitrogens with one attached hydrogen (secondary N) is 1. The van der Waals surface area contributed by atoms with E-state index in [0.29, 0.717) is 30.3 Å². The molecule has 1 N–H and O–H groups in total. The standard InChI is InChI=1S/C20H30N2O9Si/c1-7-10-30-19-13-17(22(24)25)16(12-18(19)26-3)15(2)14-31-20(23)21-9-8-11-32(27-4,28-5)29-6/h1,12-13,15H,8-11,14H2,2-6H3,(H,21,23). The Morgan fingerprint density at radius 1 is 1.22 bits per heavy atom. The first-order valence-corrected chi connectivity index (χ1v) is 11.7. The maximum Gasteiger partial charge on any atom is 0.500 e. The van der Waals surface area contributed by atoms with E-state index in [4.69, 9.17) is 33.9 Å². The molecule has 0 saturated heterocycles. The molecule has 0 aliphatic carbocycles. The van der Waals surface area contributed by atoms with Gasteiger partial charge in [-0.1, -0.05) is 12.8 Å². The van der Waals surface area contributed by atoms with Crippen LogP contribution in [-0.2, 0) is 18.0 Å². The molecule has 178 valence electrons. The lowest BCUT2D eigenvalue weighted by Crippen LogP contribution is -2.43. The van der Waals surface area contributed by atoms with Gasteiger partial charge in [-0.15, -0.1) is 6.42 Å². The second-order valence-corrected chi connectivity index (χ2v) is 9.73. The maximum atomic E-state index is 12.0. The highest BCUT2D eigenvalue weighted by Gasteiger charge is 2.36. The van der Waals surface area contributed by atoms with E-state index in [2.05, 4.69) is 11.2 Å². The third-order valence-electron chi connectivity index (χ3n) is 4.68. The van der Waals surface area contributed by atoms with Gasteiger partial charge in [-0.3, -0.25) is 10.1 Å². The fourth-order valence-corrected chi connectivity index (χ4v) is 4.62. The van der Waals surface area contributed by atoms with Gasteiger partial charge in [0.05, 0.1) is 18.1 Å². The average molecular weight is 471 g/mol. The van der Waals surface area contributed by atoms with Gasteiger partial charge < -0.3 is 32.8 Å². The smallest absolute Gasteiger partial charge is 0.493 e. The normalized spacial score (nSPS) is 11.9. The number of methoxy groups -OCH3 is 1. The molecular weight excluding hydrogens is 440 g/mol. The Balaban J connectivity index is 2.71. The molecule has 0 radical (unpaired) electrons. The number of nitrogens with zero attached hydrogens (tertiary/aromatic N) is 1. The summed E-state index contributed by atoms with van der Waals surface area (Å²) in [5.74, 6) is 2.27. The van der Waals surface area contributed by atoms with Crippen molar-refractivity contribution >= 4 is 20.6 Å². The van der Waals surface area contributed by atoms with Crippen molar-refractivity contribution in [3.05, 3.63) is 27.8 Å². The number of ether oxygens (including phenoxy) is 3. The number of hydrogen-bond acceptors (Lipinski definition) is 9. The van der Waals surface area contributed by atoms with E-state index in [-0.39, 0.29) is 24.7 Å². The molecule has 12 heteroatoms. The molecule has 0 heterocycles. The average Bonchev–Trinajstić information content (AvgIpc) is 2.81. The number of terminal acetylenes is 1. The zero-order valence-corrected chi connectivity index (χ0v) is 20.0. The minimum Gasteiger partial charge on any atom is -0.493 e. The molecule has 1 aromatic carbocycles. The van der Waals surface area contributed by atoms with Crippen LogP contribution in [0.3, 0.4) is 0 Å². The van der Waals surface area contributed by atoms with Crippen LogP contribution in [0.15, 0.2) is 12.1 Å². The molecule has 0 aliphatic rings. The highest BCUT2D eigenvalue weighted by atomic mass is 28.4. The van der Waals surface area contributed by atoms with Crippen LogP contribution in [0.25, 0.3) is 0 Å². The van der Waals surface area contributed by atoms with E-state index >= 15 is 0 Å². The maximum absolute atomic E-state index is 12.0. The molecule has 1 unspecified atom stereocenters. The predicted molar refractivity (Wildman–Crippen MR) is 118 cm³/mol. The van der Waals surface area contributed by atoms with E-state index in [0.717, 1.165) is 0 Å². The summed E-state index contributed by atoms with van der Waals surface area (Å²) >= 11 is 0. The molecule has 0 aromatic heterocycles. The Morgan fingerprint density at radius 3 is 2.41 bits per heavy atom. The Morgan fingerprint density at radius 2 is 1.88 bits per heavy atom. The highest BCUT2D eigenvalue weighted by Crippen LogP contribution is 2.38.